The van der Waals surface area contributed by atoms with E-state index in [4.69, 9.17) is 4.74 Å². The molecular weight excluding hydrogens is 540 g/mol. The van der Waals surface area contributed by atoms with Gasteiger partial charge in [-0.25, -0.2) is 13.7 Å². The first kappa shape index (κ1) is 29.1. The summed E-state index contributed by atoms with van der Waals surface area (Å²) in [6, 6.07) is 4.98. The number of nitrogens with one attached hydrogen (secondary N) is 2. The molecule has 0 aliphatic carbocycles. The van der Waals surface area contributed by atoms with Crippen LogP contribution >= 0.6 is 15.4 Å². The SMILES string of the molecule is CC(=O)Nc1cc(CP(=O)(O)OP(=O)(O)OC[C@H]2O[C@@H](n3ccc(=O)[nH]c3=O)[C@@H](O)C2O)ccc1CO. The Hall–Kier alpha value is -2.49. The quantitative estimate of drug-likeness (QED) is 0.173. The first-order valence-corrected chi connectivity index (χ1v) is 13.8. The van der Waals surface area contributed by atoms with E-state index in [0.29, 0.717) is 5.56 Å². The number of amides is 1. The number of carbonyl (C=O) groups excluding carboxylic acids is 1. The number of nitrogens with zero attached hydrogens (tertiary/aromatic N) is 1. The van der Waals surface area contributed by atoms with Crippen molar-refractivity contribution in [2.75, 3.05) is 11.9 Å². The maximum absolute atomic E-state index is 12.5. The van der Waals surface area contributed by atoms with E-state index < -0.39 is 76.5 Å². The second kappa shape index (κ2) is 11.5. The summed E-state index contributed by atoms with van der Waals surface area (Å²) in [7, 11) is -10.0. The van der Waals surface area contributed by atoms with Crippen LogP contribution in [-0.2, 0) is 40.3 Å². The lowest BCUT2D eigenvalue weighted by Crippen LogP contribution is -2.37. The minimum absolute atomic E-state index is 0.124. The van der Waals surface area contributed by atoms with Crippen LogP contribution in [0, 0.1) is 0 Å². The van der Waals surface area contributed by atoms with Crippen molar-refractivity contribution in [3.63, 3.8) is 0 Å². The van der Waals surface area contributed by atoms with E-state index in [0.717, 1.165) is 16.8 Å². The van der Waals surface area contributed by atoms with Gasteiger partial charge in [-0.15, -0.1) is 0 Å². The number of carbonyl (C=O) groups is 1. The number of ether oxygens (including phenoxy) is 1. The fourth-order valence-corrected chi connectivity index (χ4v) is 6.21. The zero-order chi connectivity index (χ0) is 27.5. The summed E-state index contributed by atoms with van der Waals surface area (Å²) in [4.78, 5) is 56.5. The van der Waals surface area contributed by atoms with E-state index in [2.05, 4.69) is 14.2 Å². The molecule has 37 heavy (non-hydrogen) atoms. The molecule has 7 N–H and O–H groups in total. The fourth-order valence-electron chi connectivity index (χ4n) is 3.50. The fraction of sp³-hybridized carbons (Fsp3) is 0.421. The maximum Gasteiger partial charge on any atom is 0.479 e. The van der Waals surface area contributed by atoms with Crippen molar-refractivity contribution in [3.8, 4) is 0 Å². The van der Waals surface area contributed by atoms with Crippen molar-refractivity contribution in [1.29, 1.82) is 0 Å². The van der Waals surface area contributed by atoms with Gasteiger partial charge in [-0.1, -0.05) is 12.1 Å². The average molecular weight is 565 g/mol. The number of aliphatic hydroxyl groups excluding tert-OH is 3. The Morgan fingerprint density at radius 2 is 1.89 bits per heavy atom. The molecule has 0 saturated carbocycles. The van der Waals surface area contributed by atoms with Crippen molar-refractivity contribution < 1.29 is 52.6 Å². The standard InChI is InChI=1S/C19H25N3O13P2/c1-10(24)20-13-6-11(2-3-12(13)7-23)9-36(29,30)35-37(31,32)33-8-14-16(26)17(27)18(34-14)22-5-4-15(25)21-19(22)28/h2-6,14,16-18,23,26-27H,7-9H2,1H3,(H,20,24)(H,29,30)(H,31,32)(H,21,25,28)/t14-,16?,17+,18-/m1/s1. The molecule has 1 aliphatic rings. The van der Waals surface area contributed by atoms with Gasteiger partial charge in [-0.3, -0.25) is 28.2 Å². The molecule has 1 aromatic heterocycles. The minimum atomic E-state index is -5.22. The van der Waals surface area contributed by atoms with Gasteiger partial charge in [0, 0.05) is 30.4 Å². The maximum atomic E-state index is 12.5. The predicted molar refractivity (Wildman–Crippen MR) is 124 cm³/mol. The number of H-pyrrole nitrogens is 1. The molecule has 0 spiro atoms. The topological polar surface area (TPSA) is 247 Å². The van der Waals surface area contributed by atoms with Crippen molar-refractivity contribution in [3.05, 3.63) is 62.4 Å². The van der Waals surface area contributed by atoms with Gasteiger partial charge in [0.2, 0.25) is 5.91 Å². The molecule has 1 saturated heterocycles. The van der Waals surface area contributed by atoms with Crippen LogP contribution in [0.2, 0.25) is 0 Å². The molecule has 3 rings (SSSR count). The number of aliphatic hydroxyl groups is 3. The number of hydrogen-bond donors (Lipinski definition) is 7. The van der Waals surface area contributed by atoms with Gasteiger partial charge in [-0.2, -0.15) is 0 Å². The van der Waals surface area contributed by atoms with Crippen molar-refractivity contribution in [2.24, 2.45) is 0 Å². The van der Waals surface area contributed by atoms with Crippen LogP contribution in [0.15, 0.2) is 40.1 Å². The van der Waals surface area contributed by atoms with Crippen LogP contribution in [0.3, 0.4) is 0 Å². The Balaban J connectivity index is 1.65. The monoisotopic (exact) mass is 565 g/mol. The normalized spacial score (nSPS) is 24.8. The first-order valence-electron chi connectivity index (χ1n) is 10.5. The molecule has 3 unspecified atom stereocenters. The van der Waals surface area contributed by atoms with Crippen molar-refractivity contribution in [2.45, 2.75) is 44.2 Å². The molecule has 0 radical (unpaired) electrons. The minimum Gasteiger partial charge on any atom is -0.392 e. The second-order valence-corrected chi connectivity index (χ2v) is 11.5. The van der Waals surface area contributed by atoms with Crippen LogP contribution in [0.4, 0.5) is 5.69 Å². The van der Waals surface area contributed by atoms with Crippen LogP contribution in [-0.4, -0.2) is 65.5 Å². The van der Waals surface area contributed by atoms with Gasteiger partial charge in [-0.05, 0) is 11.6 Å². The summed E-state index contributed by atoms with van der Waals surface area (Å²) in [5.41, 5.74) is -1.05. The van der Waals surface area contributed by atoms with Gasteiger partial charge < -0.3 is 35.2 Å². The summed E-state index contributed by atoms with van der Waals surface area (Å²) in [6.45, 7) is -0.0960. The number of hydrogen-bond acceptors (Lipinski definition) is 11. The van der Waals surface area contributed by atoms with Crippen LogP contribution in [0.1, 0.15) is 24.3 Å². The Kier molecular flexibility index (Phi) is 9.03. The zero-order valence-corrected chi connectivity index (χ0v) is 21.0. The third kappa shape index (κ3) is 7.52. The molecule has 18 heteroatoms. The van der Waals surface area contributed by atoms with E-state index in [9.17, 15) is 48.6 Å². The smallest absolute Gasteiger partial charge is 0.392 e. The number of benzene rings is 1. The lowest BCUT2D eigenvalue weighted by atomic mass is 10.1. The molecule has 2 heterocycles. The summed E-state index contributed by atoms with van der Waals surface area (Å²) in [6.07, 6.45) is -6.10. The molecule has 1 fully saturated rings. The third-order valence-corrected chi connectivity index (χ3v) is 8.22. The molecule has 1 aliphatic heterocycles. The van der Waals surface area contributed by atoms with E-state index in [1.807, 2.05) is 4.98 Å². The number of rotatable bonds is 10. The Labute approximate surface area is 208 Å². The summed E-state index contributed by atoms with van der Waals surface area (Å²) < 4.78 is 40.0. The highest BCUT2D eigenvalue weighted by atomic mass is 31.3. The number of aromatic amines is 1. The van der Waals surface area contributed by atoms with Gasteiger partial charge in [0.1, 0.15) is 18.3 Å². The zero-order valence-electron chi connectivity index (χ0n) is 19.2. The van der Waals surface area contributed by atoms with Gasteiger partial charge in [0.15, 0.2) is 6.23 Å². The molecule has 1 amide bonds. The molecule has 1 aromatic carbocycles. The van der Waals surface area contributed by atoms with Gasteiger partial charge in [0.05, 0.1) is 19.4 Å². The Morgan fingerprint density at radius 3 is 2.51 bits per heavy atom. The van der Waals surface area contributed by atoms with E-state index in [1.165, 1.54) is 25.1 Å². The molecule has 6 atom stereocenters. The van der Waals surface area contributed by atoms with Crippen LogP contribution in [0.5, 0.6) is 0 Å². The second-order valence-electron chi connectivity index (χ2n) is 8.04. The summed E-state index contributed by atoms with van der Waals surface area (Å²) in [5, 5.41) is 32.2. The number of aromatic nitrogens is 2. The third-order valence-electron chi connectivity index (χ3n) is 5.13. The van der Waals surface area contributed by atoms with Gasteiger partial charge in [0.25, 0.3) is 5.56 Å². The lowest BCUT2D eigenvalue weighted by Gasteiger charge is -2.20. The van der Waals surface area contributed by atoms with E-state index in [-0.39, 0.29) is 11.3 Å². The van der Waals surface area contributed by atoms with Crippen LogP contribution in [0.25, 0.3) is 0 Å². The summed E-state index contributed by atoms with van der Waals surface area (Å²) >= 11 is 0. The highest BCUT2D eigenvalue weighted by Gasteiger charge is 2.45. The lowest BCUT2D eigenvalue weighted by molar-refractivity contribution is -0.114. The molecule has 16 nitrogen and oxygen atoms in total. The average Bonchev–Trinajstić information content (AvgIpc) is 3.05. The van der Waals surface area contributed by atoms with Crippen molar-refractivity contribution >= 4 is 27.0 Å². The largest absolute Gasteiger partial charge is 0.479 e. The highest BCUT2D eigenvalue weighted by molar-refractivity contribution is 7.63. The predicted octanol–water partition coefficient (Wildman–Crippen LogP) is -0.874. The Bertz CT molecular complexity index is 1360. The van der Waals surface area contributed by atoms with E-state index >= 15 is 0 Å². The molecule has 2 aromatic rings. The Morgan fingerprint density at radius 1 is 1.19 bits per heavy atom. The van der Waals surface area contributed by atoms with E-state index in [1.54, 1.807) is 0 Å². The van der Waals surface area contributed by atoms with Gasteiger partial charge >= 0.3 is 21.1 Å². The van der Waals surface area contributed by atoms with Crippen molar-refractivity contribution in [1.82, 2.24) is 9.55 Å². The molecule has 0 bridgehead atoms. The molecule has 204 valence electrons. The van der Waals surface area contributed by atoms with Crippen LogP contribution < -0.4 is 16.6 Å². The number of phosphoric acid groups is 1. The first-order chi connectivity index (χ1) is 17.2. The summed E-state index contributed by atoms with van der Waals surface area (Å²) in [5.74, 6) is -0.461. The molecular formula is C19H25N3O13P2. The number of anilines is 1. The highest BCUT2D eigenvalue weighted by Crippen LogP contribution is 2.61. The number of phosphoric ester groups is 1.